The van der Waals surface area contributed by atoms with Gasteiger partial charge in [0.25, 0.3) is 0 Å². The molecule has 0 bridgehead atoms. The SMILES string of the molecule is CCCCc1ccc(OC2CC(Br)C2OCCC)cc1. The second kappa shape index (κ2) is 8.04. The van der Waals surface area contributed by atoms with Gasteiger partial charge in [0.05, 0.1) is 0 Å². The van der Waals surface area contributed by atoms with Crippen LogP contribution in [0, 0.1) is 0 Å². The largest absolute Gasteiger partial charge is 0.488 e. The van der Waals surface area contributed by atoms with Gasteiger partial charge in [0.1, 0.15) is 18.0 Å². The molecule has 2 nitrogen and oxygen atoms in total. The van der Waals surface area contributed by atoms with E-state index < -0.39 is 0 Å². The fourth-order valence-corrected chi connectivity index (χ4v) is 3.26. The number of rotatable bonds is 8. The fourth-order valence-electron chi connectivity index (χ4n) is 2.40. The molecule has 1 fully saturated rings. The van der Waals surface area contributed by atoms with Crippen LogP contribution in [0.15, 0.2) is 24.3 Å². The summed E-state index contributed by atoms with van der Waals surface area (Å²) in [6, 6.07) is 8.53. The maximum absolute atomic E-state index is 6.03. The van der Waals surface area contributed by atoms with Crippen LogP contribution in [0.1, 0.15) is 45.1 Å². The summed E-state index contributed by atoms with van der Waals surface area (Å²) in [6.07, 6.45) is 6.10. The number of benzene rings is 1. The molecule has 1 aliphatic rings. The Morgan fingerprint density at radius 1 is 1.15 bits per heavy atom. The maximum Gasteiger partial charge on any atom is 0.127 e. The highest BCUT2D eigenvalue weighted by Crippen LogP contribution is 2.34. The van der Waals surface area contributed by atoms with E-state index in [0.717, 1.165) is 31.6 Å². The van der Waals surface area contributed by atoms with Gasteiger partial charge in [-0.1, -0.05) is 48.3 Å². The van der Waals surface area contributed by atoms with E-state index in [4.69, 9.17) is 9.47 Å². The van der Waals surface area contributed by atoms with Crippen molar-refractivity contribution in [2.24, 2.45) is 0 Å². The third kappa shape index (κ3) is 4.23. The van der Waals surface area contributed by atoms with E-state index in [1.165, 1.54) is 18.4 Å². The zero-order valence-electron chi connectivity index (χ0n) is 12.5. The molecule has 0 radical (unpaired) electrons. The van der Waals surface area contributed by atoms with Crippen molar-refractivity contribution >= 4 is 15.9 Å². The topological polar surface area (TPSA) is 18.5 Å². The van der Waals surface area contributed by atoms with Gasteiger partial charge < -0.3 is 9.47 Å². The zero-order valence-corrected chi connectivity index (χ0v) is 14.1. The molecule has 0 aromatic heterocycles. The minimum absolute atomic E-state index is 0.187. The second-order valence-electron chi connectivity index (χ2n) is 5.49. The summed E-state index contributed by atoms with van der Waals surface area (Å²) in [5.74, 6) is 0.958. The van der Waals surface area contributed by atoms with Crippen LogP contribution in [-0.2, 0) is 11.2 Å². The molecule has 0 spiro atoms. The number of unbranched alkanes of at least 4 members (excludes halogenated alkanes) is 1. The molecule has 1 aromatic carbocycles. The first-order valence-electron chi connectivity index (χ1n) is 7.75. The van der Waals surface area contributed by atoms with E-state index in [2.05, 4.69) is 54.0 Å². The lowest BCUT2D eigenvalue weighted by Crippen LogP contribution is -2.52. The van der Waals surface area contributed by atoms with Gasteiger partial charge in [-0.25, -0.2) is 0 Å². The molecule has 0 amide bonds. The Kier molecular flexibility index (Phi) is 6.37. The van der Waals surface area contributed by atoms with E-state index >= 15 is 0 Å². The highest BCUT2D eigenvalue weighted by atomic mass is 79.9. The number of ether oxygens (including phenoxy) is 2. The summed E-state index contributed by atoms with van der Waals surface area (Å²) in [5, 5.41) is 0. The Bertz CT molecular complexity index is 390. The first-order valence-corrected chi connectivity index (χ1v) is 8.67. The predicted octanol–water partition coefficient (Wildman–Crippen LogP) is 4.74. The molecule has 112 valence electrons. The van der Waals surface area contributed by atoms with Crippen molar-refractivity contribution in [1.29, 1.82) is 0 Å². The monoisotopic (exact) mass is 340 g/mol. The van der Waals surface area contributed by atoms with Crippen LogP contribution in [-0.4, -0.2) is 23.6 Å². The quantitative estimate of drug-likeness (QED) is 0.636. The molecule has 2 rings (SSSR count). The normalized spacial score (nSPS) is 25.2. The van der Waals surface area contributed by atoms with Crippen LogP contribution in [0.25, 0.3) is 0 Å². The molecular weight excluding hydrogens is 316 g/mol. The number of hydrogen-bond donors (Lipinski definition) is 0. The van der Waals surface area contributed by atoms with Crippen LogP contribution in [0.4, 0.5) is 0 Å². The standard InChI is InChI=1S/C17H25BrO2/c1-3-5-6-13-7-9-14(10-8-13)20-16-12-15(18)17(16)19-11-4-2/h7-10,15-17H,3-6,11-12H2,1-2H3. The van der Waals surface area contributed by atoms with Gasteiger partial charge in [-0.15, -0.1) is 0 Å². The van der Waals surface area contributed by atoms with Gasteiger partial charge in [-0.2, -0.15) is 0 Å². The molecule has 20 heavy (non-hydrogen) atoms. The van der Waals surface area contributed by atoms with Crippen molar-refractivity contribution in [3.05, 3.63) is 29.8 Å². The Labute approximate surface area is 131 Å². The van der Waals surface area contributed by atoms with Crippen molar-refractivity contribution < 1.29 is 9.47 Å². The van der Waals surface area contributed by atoms with Crippen molar-refractivity contribution in [2.45, 2.75) is 63.0 Å². The van der Waals surface area contributed by atoms with Crippen molar-refractivity contribution in [3.63, 3.8) is 0 Å². The zero-order chi connectivity index (χ0) is 14.4. The fraction of sp³-hybridized carbons (Fsp3) is 0.647. The number of halogens is 1. The molecule has 1 aromatic rings. The Balaban J connectivity index is 1.83. The molecule has 0 aliphatic heterocycles. The van der Waals surface area contributed by atoms with E-state index in [1.54, 1.807) is 0 Å². The Morgan fingerprint density at radius 2 is 1.90 bits per heavy atom. The van der Waals surface area contributed by atoms with Crippen molar-refractivity contribution in [3.8, 4) is 5.75 Å². The smallest absolute Gasteiger partial charge is 0.127 e. The third-order valence-electron chi connectivity index (χ3n) is 3.72. The molecule has 0 saturated heterocycles. The Hall–Kier alpha value is -0.540. The van der Waals surface area contributed by atoms with Crippen LogP contribution >= 0.6 is 15.9 Å². The van der Waals surface area contributed by atoms with Gasteiger partial charge in [-0.05, 0) is 37.0 Å². The van der Waals surface area contributed by atoms with Gasteiger partial charge in [0, 0.05) is 17.9 Å². The van der Waals surface area contributed by atoms with E-state index in [1.807, 2.05) is 0 Å². The molecule has 3 heteroatoms. The first kappa shape index (κ1) is 15.8. The summed E-state index contributed by atoms with van der Waals surface area (Å²) in [7, 11) is 0. The van der Waals surface area contributed by atoms with Crippen LogP contribution in [0.5, 0.6) is 5.75 Å². The number of hydrogen-bond acceptors (Lipinski definition) is 2. The van der Waals surface area contributed by atoms with Gasteiger partial charge in [-0.3, -0.25) is 0 Å². The minimum Gasteiger partial charge on any atom is -0.488 e. The van der Waals surface area contributed by atoms with Crippen molar-refractivity contribution in [1.82, 2.24) is 0 Å². The van der Waals surface area contributed by atoms with Gasteiger partial charge in [0.15, 0.2) is 0 Å². The number of aryl methyl sites for hydroxylation is 1. The predicted molar refractivity (Wildman–Crippen MR) is 86.8 cm³/mol. The Morgan fingerprint density at radius 3 is 2.50 bits per heavy atom. The number of alkyl halides is 1. The first-order chi connectivity index (χ1) is 9.74. The average Bonchev–Trinajstić information content (AvgIpc) is 2.46. The van der Waals surface area contributed by atoms with E-state index in [-0.39, 0.29) is 12.2 Å². The van der Waals surface area contributed by atoms with E-state index in [0.29, 0.717) is 4.83 Å². The molecule has 3 unspecified atom stereocenters. The highest BCUT2D eigenvalue weighted by molar-refractivity contribution is 9.09. The summed E-state index contributed by atoms with van der Waals surface area (Å²) in [5.41, 5.74) is 1.39. The molecule has 0 N–H and O–H groups in total. The summed E-state index contributed by atoms with van der Waals surface area (Å²) in [4.78, 5) is 0.433. The minimum atomic E-state index is 0.187. The summed E-state index contributed by atoms with van der Waals surface area (Å²) < 4.78 is 11.9. The molecular formula is C17H25BrO2. The molecule has 1 saturated carbocycles. The maximum atomic E-state index is 6.03. The van der Waals surface area contributed by atoms with Crippen LogP contribution in [0.2, 0.25) is 0 Å². The molecule has 1 aliphatic carbocycles. The van der Waals surface area contributed by atoms with Gasteiger partial charge in [0.2, 0.25) is 0 Å². The lowest BCUT2D eigenvalue weighted by molar-refractivity contribution is -0.0762. The lowest BCUT2D eigenvalue weighted by Gasteiger charge is -2.40. The van der Waals surface area contributed by atoms with Crippen LogP contribution in [0.3, 0.4) is 0 Å². The molecule has 3 atom stereocenters. The van der Waals surface area contributed by atoms with Gasteiger partial charge >= 0.3 is 0 Å². The van der Waals surface area contributed by atoms with Crippen molar-refractivity contribution in [2.75, 3.05) is 6.61 Å². The molecule has 0 heterocycles. The lowest BCUT2D eigenvalue weighted by atomic mass is 9.91. The average molecular weight is 341 g/mol. The second-order valence-corrected chi connectivity index (χ2v) is 6.67. The van der Waals surface area contributed by atoms with Crippen LogP contribution < -0.4 is 4.74 Å². The summed E-state index contributed by atoms with van der Waals surface area (Å²) in [6.45, 7) is 5.16. The van der Waals surface area contributed by atoms with E-state index in [9.17, 15) is 0 Å². The third-order valence-corrected chi connectivity index (χ3v) is 4.62. The highest BCUT2D eigenvalue weighted by Gasteiger charge is 2.42. The summed E-state index contributed by atoms with van der Waals surface area (Å²) >= 11 is 3.65.